The summed E-state index contributed by atoms with van der Waals surface area (Å²) in [6.07, 6.45) is 2.32. The van der Waals surface area contributed by atoms with Crippen LogP contribution in [0.1, 0.15) is 32.0 Å². The molecule has 0 radical (unpaired) electrons. The van der Waals surface area contributed by atoms with Gasteiger partial charge in [0.25, 0.3) is 11.8 Å². The standard InChI is InChI=1S/C16H14N2O2/c1-11-6-8-17-12(10-11)7-9-18-15(19)13-4-2-3-5-14(13)16(18)20/h2-6,8,10H,7,9H2,1H3. The van der Waals surface area contributed by atoms with Crippen molar-refractivity contribution in [1.82, 2.24) is 9.88 Å². The number of pyridine rings is 1. The SMILES string of the molecule is Cc1ccnc(CCN2C(=O)c3ccccc3C2=O)c1. The van der Waals surface area contributed by atoms with E-state index >= 15 is 0 Å². The van der Waals surface area contributed by atoms with Crippen molar-refractivity contribution in [3.63, 3.8) is 0 Å². The van der Waals surface area contributed by atoms with E-state index in [1.165, 1.54) is 4.90 Å². The molecule has 2 heterocycles. The van der Waals surface area contributed by atoms with Crippen LogP contribution in [0.15, 0.2) is 42.6 Å². The molecule has 0 unspecified atom stereocenters. The monoisotopic (exact) mass is 266 g/mol. The van der Waals surface area contributed by atoms with Crippen LogP contribution in [0, 0.1) is 6.92 Å². The zero-order chi connectivity index (χ0) is 14.1. The van der Waals surface area contributed by atoms with Gasteiger partial charge in [-0.3, -0.25) is 19.5 Å². The minimum Gasteiger partial charge on any atom is -0.274 e. The van der Waals surface area contributed by atoms with Gasteiger partial charge >= 0.3 is 0 Å². The van der Waals surface area contributed by atoms with Crippen molar-refractivity contribution in [2.45, 2.75) is 13.3 Å². The summed E-state index contributed by atoms with van der Waals surface area (Å²) in [5, 5.41) is 0. The smallest absolute Gasteiger partial charge is 0.261 e. The minimum absolute atomic E-state index is 0.210. The van der Waals surface area contributed by atoms with Crippen LogP contribution in [-0.4, -0.2) is 28.2 Å². The average Bonchev–Trinajstić information content (AvgIpc) is 2.70. The first-order valence-corrected chi connectivity index (χ1v) is 6.53. The molecule has 1 aliphatic rings. The Morgan fingerprint density at radius 2 is 1.70 bits per heavy atom. The van der Waals surface area contributed by atoms with Crippen molar-refractivity contribution in [2.24, 2.45) is 0 Å². The maximum atomic E-state index is 12.2. The van der Waals surface area contributed by atoms with Gasteiger partial charge in [-0.1, -0.05) is 12.1 Å². The van der Waals surface area contributed by atoms with E-state index in [1.54, 1.807) is 30.5 Å². The van der Waals surface area contributed by atoms with E-state index in [9.17, 15) is 9.59 Å². The Bertz CT molecular complexity index is 659. The number of nitrogens with zero attached hydrogens (tertiary/aromatic N) is 2. The molecule has 2 amide bonds. The van der Waals surface area contributed by atoms with Gasteiger partial charge < -0.3 is 0 Å². The van der Waals surface area contributed by atoms with Crippen molar-refractivity contribution in [3.8, 4) is 0 Å². The number of fused-ring (bicyclic) bond motifs is 1. The van der Waals surface area contributed by atoms with Crippen LogP contribution in [0.5, 0.6) is 0 Å². The van der Waals surface area contributed by atoms with Crippen LogP contribution >= 0.6 is 0 Å². The van der Waals surface area contributed by atoms with Gasteiger partial charge in [0.2, 0.25) is 0 Å². The summed E-state index contributed by atoms with van der Waals surface area (Å²) in [4.78, 5) is 29.9. The molecule has 0 saturated carbocycles. The summed E-state index contributed by atoms with van der Waals surface area (Å²) in [6.45, 7) is 2.36. The molecular weight excluding hydrogens is 252 g/mol. The molecular formula is C16H14N2O2. The molecule has 4 heteroatoms. The van der Waals surface area contributed by atoms with Gasteiger partial charge in [0.15, 0.2) is 0 Å². The molecule has 100 valence electrons. The van der Waals surface area contributed by atoms with Gasteiger partial charge in [-0.2, -0.15) is 0 Å². The quantitative estimate of drug-likeness (QED) is 0.800. The van der Waals surface area contributed by atoms with E-state index in [-0.39, 0.29) is 11.8 Å². The lowest BCUT2D eigenvalue weighted by atomic mass is 10.1. The summed E-state index contributed by atoms with van der Waals surface area (Å²) >= 11 is 0. The van der Waals surface area contributed by atoms with E-state index < -0.39 is 0 Å². The first-order valence-electron chi connectivity index (χ1n) is 6.53. The number of benzene rings is 1. The number of aryl methyl sites for hydroxylation is 1. The Labute approximate surface area is 117 Å². The molecule has 0 saturated heterocycles. The highest BCUT2D eigenvalue weighted by Gasteiger charge is 2.34. The van der Waals surface area contributed by atoms with Gasteiger partial charge in [-0.05, 0) is 36.8 Å². The number of carbonyl (C=O) groups excluding carboxylic acids is 2. The lowest BCUT2D eigenvalue weighted by Crippen LogP contribution is -2.31. The predicted molar refractivity (Wildman–Crippen MR) is 74.5 cm³/mol. The summed E-state index contributed by atoms with van der Waals surface area (Å²) < 4.78 is 0. The van der Waals surface area contributed by atoms with Gasteiger partial charge in [0.1, 0.15) is 0 Å². The second kappa shape index (κ2) is 4.89. The van der Waals surface area contributed by atoms with Crippen molar-refractivity contribution in [2.75, 3.05) is 6.54 Å². The maximum absolute atomic E-state index is 12.2. The fraction of sp³-hybridized carbons (Fsp3) is 0.188. The second-order valence-corrected chi connectivity index (χ2v) is 4.88. The molecule has 1 aliphatic heterocycles. The lowest BCUT2D eigenvalue weighted by Gasteiger charge is -2.13. The number of aromatic nitrogens is 1. The Morgan fingerprint density at radius 1 is 1.05 bits per heavy atom. The highest BCUT2D eigenvalue weighted by Crippen LogP contribution is 2.22. The highest BCUT2D eigenvalue weighted by atomic mass is 16.2. The van der Waals surface area contributed by atoms with Crippen LogP contribution in [0.4, 0.5) is 0 Å². The molecule has 2 aromatic rings. The Morgan fingerprint density at radius 3 is 2.30 bits per heavy atom. The van der Waals surface area contributed by atoms with Crippen LogP contribution < -0.4 is 0 Å². The molecule has 0 fully saturated rings. The van der Waals surface area contributed by atoms with Crippen LogP contribution in [-0.2, 0) is 6.42 Å². The van der Waals surface area contributed by atoms with Gasteiger partial charge in [0.05, 0.1) is 11.1 Å². The minimum atomic E-state index is -0.210. The molecule has 0 spiro atoms. The summed E-state index contributed by atoms with van der Waals surface area (Å²) in [5.74, 6) is -0.420. The molecule has 0 aliphatic carbocycles. The molecule has 0 bridgehead atoms. The maximum Gasteiger partial charge on any atom is 0.261 e. The highest BCUT2D eigenvalue weighted by molar-refractivity contribution is 6.21. The molecule has 4 nitrogen and oxygen atoms in total. The van der Waals surface area contributed by atoms with Crippen molar-refractivity contribution < 1.29 is 9.59 Å². The fourth-order valence-electron chi connectivity index (χ4n) is 2.40. The van der Waals surface area contributed by atoms with E-state index in [0.29, 0.717) is 24.1 Å². The van der Waals surface area contributed by atoms with Crippen molar-refractivity contribution >= 4 is 11.8 Å². The summed E-state index contributed by atoms with van der Waals surface area (Å²) in [7, 11) is 0. The van der Waals surface area contributed by atoms with Crippen LogP contribution in [0.3, 0.4) is 0 Å². The van der Waals surface area contributed by atoms with Crippen molar-refractivity contribution in [1.29, 1.82) is 0 Å². The third kappa shape index (κ3) is 2.09. The Kier molecular flexibility index (Phi) is 3.06. The first-order chi connectivity index (χ1) is 9.66. The van der Waals surface area contributed by atoms with Gasteiger partial charge in [0, 0.05) is 24.9 Å². The van der Waals surface area contributed by atoms with Gasteiger partial charge in [-0.25, -0.2) is 0 Å². The number of rotatable bonds is 3. The Balaban J connectivity index is 1.77. The number of hydrogen-bond donors (Lipinski definition) is 0. The summed E-state index contributed by atoms with van der Waals surface area (Å²) in [5.41, 5.74) is 3.00. The first kappa shape index (κ1) is 12.5. The van der Waals surface area contributed by atoms with E-state index in [0.717, 1.165) is 11.3 Å². The summed E-state index contributed by atoms with van der Waals surface area (Å²) in [6, 6.07) is 10.8. The van der Waals surface area contributed by atoms with Crippen molar-refractivity contribution in [3.05, 3.63) is 65.0 Å². The topological polar surface area (TPSA) is 50.3 Å². The number of amides is 2. The largest absolute Gasteiger partial charge is 0.274 e. The number of imide groups is 1. The van der Waals surface area contributed by atoms with Crippen LogP contribution in [0.25, 0.3) is 0 Å². The van der Waals surface area contributed by atoms with E-state index in [2.05, 4.69) is 4.98 Å². The lowest BCUT2D eigenvalue weighted by molar-refractivity contribution is 0.0656. The Hall–Kier alpha value is -2.49. The molecule has 1 aromatic heterocycles. The molecule has 20 heavy (non-hydrogen) atoms. The number of carbonyl (C=O) groups is 2. The van der Waals surface area contributed by atoms with E-state index in [1.807, 2.05) is 19.1 Å². The molecule has 0 atom stereocenters. The third-order valence-electron chi connectivity index (χ3n) is 3.44. The average molecular weight is 266 g/mol. The molecule has 1 aromatic carbocycles. The second-order valence-electron chi connectivity index (χ2n) is 4.88. The zero-order valence-electron chi connectivity index (χ0n) is 11.2. The zero-order valence-corrected chi connectivity index (χ0v) is 11.2. The van der Waals surface area contributed by atoms with Gasteiger partial charge in [-0.15, -0.1) is 0 Å². The molecule has 3 rings (SSSR count). The predicted octanol–water partition coefficient (Wildman–Crippen LogP) is 2.23. The third-order valence-corrected chi connectivity index (χ3v) is 3.44. The molecule has 0 N–H and O–H groups in total. The number of hydrogen-bond acceptors (Lipinski definition) is 3. The van der Waals surface area contributed by atoms with E-state index in [4.69, 9.17) is 0 Å². The fourth-order valence-corrected chi connectivity index (χ4v) is 2.40. The normalized spacial score (nSPS) is 13.8. The van der Waals surface area contributed by atoms with Crippen LogP contribution in [0.2, 0.25) is 0 Å².